The first-order valence-corrected chi connectivity index (χ1v) is 10.1. The standard InChI is InChI=1S/C20H30O11/c1-2-9-3-5-10(6-4-9)28-19-17(27)15(25)18(12(8-22)30-19)31-20-16(26)14(24)13(23)11(7-21)29-20/h3-6,11-27H,2,7-8H2,1H3/t11-,12-,13+,14+,15-,16+,17+,18+,19+,20+/m0/s1. The predicted octanol–water partition coefficient (Wildman–Crippen LogP) is -2.75. The number of aryl methyl sites for hydroxylation is 1. The lowest BCUT2D eigenvalue weighted by Gasteiger charge is -2.45. The molecule has 2 saturated heterocycles. The number of ether oxygens (including phenoxy) is 4. The van der Waals surface area contributed by atoms with Crippen LogP contribution in [0.1, 0.15) is 12.5 Å². The third-order valence-electron chi connectivity index (χ3n) is 5.54. The van der Waals surface area contributed by atoms with Gasteiger partial charge in [-0.2, -0.15) is 0 Å². The van der Waals surface area contributed by atoms with Crippen LogP contribution in [0.15, 0.2) is 24.3 Å². The van der Waals surface area contributed by atoms with Crippen LogP contribution in [0.3, 0.4) is 0 Å². The molecule has 0 amide bonds. The van der Waals surface area contributed by atoms with Crippen molar-refractivity contribution in [1.82, 2.24) is 0 Å². The molecule has 11 heteroatoms. The number of hydrogen-bond acceptors (Lipinski definition) is 11. The molecular formula is C20H30O11. The molecular weight excluding hydrogens is 416 g/mol. The van der Waals surface area contributed by atoms with Crippen LogP contribution in [0, 0.1) is 0 Å². The van der Waals surface area contributed by atoms with Crippen molar-refractivity contribution in [2.45, 2.75) is 74.8 Å². The summed E-state index contributed by atoms with van der Waals surface area (Å²) in [6.45, 7) is 0.718. The second-order valence-electron chi connectivity index (χ2n) is 7.62. The van der Waals surface area contributed by atoms with Gasteiger partial charge < -0.3 is 54.7 Å². The van der Waals surface area contributed by atoms with Gasteiger partial charge in [-0.15, -0.1) is 0 Å². The summed E-state index contributed by atoms with van der Waals surface area (Å²) in [6, 6.07) is 7.06. The van der Waals surface area contributed by atoms with Crippen LogP contribution in [0.2, 0.25) is 0 Å². The molecule has 2 aliphatic rings. The maximum absolute atomic E-state index is 10.6. The zero-order valence-corrected chi connectivity index (χ0v) is 17.0. The lowest BCUT2D eigenvalue weighted by molar-refractivity contribution is -0.352. The van der Waals surface area contributed by atoms with Crippen molar-refractivity contribution in [2.75, 3.05) is 13.2 Å². The Morgan fingerprint density at radius 2 is 1.32 bits per heavy atom. The number of aliphatic hydroxyl groups is 7. The third kappa shape index (κ3) is 5.17. The molecule has 0 aromatic heterocycles. The topological polar surface area (TPSA) is 179 Å². The molecule has 0 saturated carbocycles. The molecule has 2 aliphatic heterocycles. The normalized spacial score (nSPS) is 41.2. The van der Waals surface area contributed by atoms with E-state index in [-0.39, 0.29) is 0 Å². The van der Waals surface area contributed by atoms with Crippen molar-refractivity contribution in [3.63, 3.8) is 0 Å². The second-order valence-corrected chi connectivity index (χ2v) is 7.62. The molecule has 2 heterocycles. The molecule has 2 fully saturated rings. The van der Waals surface area contributed by atoms with E-state index in [1.807, 2.05) is 19.1 Å². The van der Waals surface area contributed by atoms with Gasteiger partial charge >= 0.3 is 0 Å². The lowest BCUT2D eigenvalue weighted by atomic mass is 9.97. The first-order chi connectivity index (χ1) is 14.8. The Bertz CT molecular complexity index is 682. The molecule has 7 N–H and O–H groups in total. The summed E-state index contributed by atoms with van der Waals surface area (Å²) in [5, 5.41) is 70.0. The average Bonchev–Trinajstić information content (AvgIpc) is 2.79. The van der Waals surface area contributed by atoms with Crippen LogP contribution in [-0.4, -0.2) is 110 Å². The number of hydrogen-bond donors (Lipinski definition) is 7. The van der Waals surface area contributed by atoms with E-state index in [9.17, 15) is 35.7 Å². The Labute approximate surface area is 179 Å². The van der Waals surface area contributed by atoms with Crippen molar-refractivity contribution in [1.29, 1.82) is 0 Å². The van der Waals surface area contributed by atoms with Crippen LogP contribution in [0.5, 0.6) is 5.75 Å². The minimum Gasteiger partial charge on any atom is -0.462 e. The van der Waals surface area contributed by atoms with E-state index in [0.29, 0.717) is 5.75 Å². The average molecular weight is 446 g/mol. The van der Waals surface area contributed by atoms with Gasteiger partial charge in [-0.05, 0) is 24.1 Å². The predicted molar refractivity (Wildman–Crippen MR) is 103 cm³/mol. The van der Waals surface area contributed by atoms with E-state index in [0.717, 1.165) is 12.0 Å². The van der Waals surface area contributed by atoms with E-state index in [2.05, 4.69) is 0 Å². The van der Waals surface area contributed by atoms with Crippen LogP contribution < -0.4 is 4.74 Å². The first kappa shape index (κ1) is 24.3. The molecule has 10 atom stereocenters. The van der Waals surface area contributed by atoms with Gasteiger partial charge in [0.15, 0.2) is 6.29 Å². The van der Waals surface area contributed by atoms with Gasteiger partial charge in [0, 0.05) is 0 Å². The number of aliphatic hydroxyl groups excluding tert-OH is 7. The van der Waals surface area contributed by atoms with Crippen LogP contribution >= 0.6 is 0 Å². The summed E-state index contributed by atoms with van der Waals surface area (Å²) in [5.74, 6) is 0.387. The highest BCUT2D eigenvalue weighted by Crippen LogP contribution is 2.30. The molecule has 1 aromatic rings. The van der Waals surface area contributed by atoms with E-state index in [4.69, 9.17) is 18.9 Å². The summed E-state index contributed by atoms with van der Waals surface area (Å²) in [4.78, 5) is 0. The Kier molecular flexibility index (Phi) is 8.21. The van der Waals surface area contributed by atoms with Gasteiger partial charge in [-0.1, -0.05) is 19.1 Å². The Morgan fingerprint density at radius 1 is 0.742 bits per heavy atom. The van der Waals surface area contributed by atoms with E-state index in [1.165, 1.54) is 0 Å². The van der Waals surface area contributed by atoms with E-state index in [1.54, 1.807) is 12.1 Å². The minimum absolute atomic E-state index is 0.387. The molecule has 11 nitrogen and oxygen atoms in total. The molecule has 176 valence electrons. The van der Waals surface area contributed by atoms with Crippen molar-refractivity contribution >= 4 is 0 Å². The van der Waals surface area contributed by atoms with Crippen LogP contribution in [0.4, 0.5) is 0 Å². The number of rotatable bonds is 7. The summed E-state index contributed by atoms with van der Waals surface area (Å²) in [5.41, 5.74) is 1.08. The zero-order valence-electron chi connectivity index (χ0n) is 17.0. The summed E-state index contributed by atoms with van der Waals surface area (Å²) in [6.07, 6.45) is -14.0. The summed E-state index contributed by atoms with van der Waals surface area (Å²) >= 11 is 0. The minimum atomic E-state index is -1.72. The fourth-order valence-electron chi connectivity index (χ4n) is 3.59. The Hall–Kier alpha value is -1.38. The van der Waals surface area contributed by atoms with Crippen LogP contribution in [0.25, 0.3) is 0 Å². The second kappa shape index (κ2) is 10.5. The summed E-state index contributed by atoms with van der Waals surface area (Å²) < 4.78 is 21.9. The molecule has 3 rings (SSSR count). The van der Waals surface area contributed by atoms with Gasteiger partial charge in [-0.25, -0.2) is 0 Å². The van der Waals surface area contributed by atoms with E-state index < -0.39 is 74.6 Å². The third-order valence-corrected chi connectivity index (χ3v) is 5.54. The molecule has 0 radical (unpaired) electrons. The van der Waals surface area contributed by atoms with Crippen LogP contribution in [-0.2, 0) is 20.6 Å². The van der Waals surface area contributed by atoms with Gasteiger partial charge in [0.1, 0.15) is 54.6 Å². The highest BCUT2D eigenvalue weighted by Gasteiger charge is 2.51. The SMILES string of the molecule is CCc1ccc(O[C@@H]2O[C@@H](CO)[C@@H](O[C@H]3O[C@@H](CO)[C@@H](O)[C@@H](O)[C@H]3O)[C@@H](O)[C@H]2O)cc1. The smallest absolute Gasteiger partial charge is 0.229 e. The first-order valence-electron chi connectivity index (χ1n) is 10.1. The Morgan fingerprint density at radius 3 is 1.90 bits per heavy atom. The summed E-state index contributed by atoms with van der Waals surface area (Å²) in [7, 11) is 0. The molecule has 31 heavy (non-hydrogen) atoms. The largest absolute Gasteiger partial charge is 0.462 e. The number of benzene rings is 1. The van der Waals surface area contributed by atoms with Gasteiger partial charge in [0.05, 0.1) is 13.2 Å². The van der Waals surface area contributed by atoms with Gasteiger partial charge in [0.2, 0.25) is 6.29 Å². The van der Waals surface area contributed by atoms with Crippen molar-refractivity contribution in [3.05, 3.63) is 29.8 Å². The van der Waals surface area contributed by atoms with Gasteiger partial charge in [-0.3, -0.25) is 0 Å². The highest BCUT2D eigenvalue weighted by molar-refractivity contribution is 5.27. The highest BCUT2D eigenvalue weighted by atomic mass is 16.7. The maximum atomic E-state index is 10.6. The maximum Gasteiger partial charge on any atom is 0.229 e. The molecule has 0 bridgehead atoms. The molecule has 0 aliphatic carbocycles. The molecule has 0 spiro atoms. The zero-order chi connectivity index (χ0) is 22.7. The quantitative estimate of drug-likeness (QED) is 0.231. The Balaban J connectivity index is 1.70. The van der Waals surface area contributed by atoms with Crippen molar-refractivity contribution in [3.8, 4) is 5.75 Å². The fourth-order valence-corrected chi connectivity index (χ4v) is 3.59. The van der Waals surface area contributed by atoms with Crippen molar-refractivity contribution < 1.29 is 54.7 Å². The van der Waals surface area contributed by atoms with E-state index >= 15 is 0 Å². The molecule has 1 aromatic carbocycles. The monoisotopic (exact) mass is 446 g/mol. The fraction of sp³-hybridized carbons (Fsp3) is 0.700. The van der Waals surface area contributed by atoms with Gasteiger partial charge in [0.25, 0.3) is 0 Å². The lowest BCUT2D eigenvalue weighted by Crippen LogP contribution is -2.65. The molecule has 0 unspecified atom stereocenters. The van der Waals surface area contributed by atoms with Crippen molar-refractivity contribution in [2.24, 2.45) is 0 Å².